The van der Waals surface area contributed by atoms with Gasteiger partial charge in [-0.1, -0.05) is 24.3 Å². The Morgan fingerprint density at radius 2 is 1.12 bits per heavy atom. The summed E-state index contributed by atoms with van der Waals surface area (Å²) in [6, 6.07) is 12.5. The lowest BCUT2D eigenvalue weighted by Gasteiger charge is -2.09. The quantitative estimate of drug-likeness (QED) is 0.717. The number of phenols is 1. The summed E-state index contributed by atoms with van der Waals surface area (Å²) in [4.78, 5) is 0. The molecule has 0 aliphatic heterocycles. The van der Waals surface area contributed by atoms with Gasteiger partial charge in [0.05, 0.1) is 7.11 Å². The molecule has 0 heterocycles. The molecule has 138 valence electrons. The number of hydrogen-bond acceptors (Lipinski definition) is 2. The fourth-order valence-corrected chi connectivity index (χ4v) is 2.07. The van der Waals surface area contributed by atoms with Gasteiger partial charge in [0.2, 0.25) is 11.8 Å². The topological polar surface area (TPSA) is 29.5 Å². The molecule has 25 heavy (non-hydrogen) atoms. The molecule has 0 aliphatic rings. The van der Waals surface area contributed by atoms with Crippen LogP contribution in [0.4, 0.5) is 17.6 Å². The van der Waals surface area contributed by atoms with Crippen molar-refractivity contribution < 1.29 is 27.4 Å². The van der Waals surface area contributed by atoms with Crippen LogP contribution in [0.25, 0.3) is 0 Å². The van der Waals surface area contributed by atoms with Crippen molar-refractivity contribution in [1.82, 2.24) is 0 Å². The largest absolute Gasteiger partial charge is 0.508 e. The van der Waals surface area contributed by atoms with Crippen molar-refractivity contribution in [2.75, 3.05) is 7.11 Å². The van der Waals surface area contributed by atoms with Crippen LogP contribution in [0.15, 0.2) is 48.5 Å². The van der Waals surface area contributed by atoms with Crippen LogP contribution in [0.5, 0.6) is 11.5 Å². The van der Waals surface area contributed by atoms with Crippen molar-refractivity contribution in [3.8, 4) is 11.5 Å². The Hall–Kier alpha value is -2.24. The zero-order chi connectivity index (χ0) is 19.1. The summed E-state index contributed by atoms with van der Waals surface area (Å²) < 4.78 is 54.9. The first kappa shape index (κ1) is 20.8. The highest BCUT2D eigenvalue weighted by Gasteiger charge is 2.21. The average molecular weight is 358 g/mol. The summed E-state index contributed by atoms with van der Waals surface area (Å²) >= 11 is 0. The van der Waals surface area contributed by atoms with Gasteiger partial charge in [-0.05, 0) is 49.2 Å². The lowest BCUT2D eigenvalue weighted by Crippen LogP contribution is -2.13. The van der Waals surface area contributed by atoms with E-state index < -0.39 is 11.8 Å². The number of halogens is 4. The first-order chi connectivity index (χ1) is 11.5. The molecule has 2 nitrogen and oxygen atoms in total. The van der Waals surface area contributed by atoms with Gasteiger partial charge in [0.15, 0.2) is 0 Å². The Balaban J connectivity index is 0.000000251. The summed E-state index contributed by atoms with van der Waals surface area (Å²) in [6.45, 7) is 1.79. The lowest BCUT2D eigenvalue weighted by atomic mass is 10.1. The molecule has 1 N–H and O–H groups in total. The molecule has 0 saturated carbocycles. The number of methoxy groups -OCH3 is 1. The molecule has 2 rings (SSSR count). The van der Waals surface area contributed by atoms with Gasteiger partial charge in [-0.2, -0.15) is 0 Å². The van der Waals surface area contributed by atoms with E-state index >= 15 is 0 Å². The van der Waals surface area contributed by atoms with Crippen LogP contribution in [-0.4, -0.2) is 24.1 Å². The average Bonchev–Trinajstić information content (AvgIpc) is 2.48. The highest BCUT2D eigenvalue weighted by Crippen LogP contribution is 2.21. The van der Waals surface area contributed by atoms with Crippen molar-refractivity contribution in [3.05, 3.63) is 59.7 Å². The number of alkyl halides is 4. The molecule has 0 saturated heterocycles. The molecular weight excluding hydrogens is 336 g/mol. The third-order valence-electron chi connectivity index (χ3n) is 3.12. The first-order valence-corrected chi connectivity index (χ1v) is 7.65. The number of hydrogen-bond donors (Lipinski definition) is 1. The van der Waals surface area contributed by atoms with Gasteiger partial charge in [-0.25, -0.2) is 17.6 Å². The molecule has 0 aromatic heterocycles. The Morgan fingerprint density at radius 3 is 1.44 bits per heavy atom. The van der Waals surface area contributed by atoms with E-state index in [1.807, 2.05) is 0 Å². The van der Waals surface area contributed by atoms with E-state index in [4.69, 9.17) is 9.84 Å². The van der Waals surface area contributed by atoms with Crippen molar-refractivity contribution in [2.24, 2.45) is 0 Å². The van der Waals surface area contributed by atoms with E-state index in [0.717, 1.165) is 13.8 Å². The van der Waals surface area contributed by atoms with Crippen LogP contribution in [-0.2, 0) is 12.8 Å². The van der Waals surface area contributed by atoms with E-state index in [-0.39, 0.29) is 18.6 Å². The third kappa shape index (κ3) is 9.59. The summed E-state index contributed by atoms with van der Waals surface area (Å²) in [5.41, 5.74) is 1.15. The minimum absolute atomic E-state index is 0.0955. The summed E-state index contributed by atoms with van der Waals surface area (Å²) in [7, 11) is 1.55. The Kier molecular flexibility index (Phi) is 7.27. The predicted octanol–water partition coefficient (Wildman–Crippen LogP) is 5.48. The highest BCUT2D eigenvalue weighted by molar-refractivity contribution is 5.28. The van der Waals surface area contributed by atoms with E-state index in [1.54, 1.807) is 31.4 Å². The van der Waals surface area contributed by atoms with Crippen LogP contribution in [0.1, 0.15) is 25.0 Å². The molecule has 0 amide bonds. The van der Waals surface area contributed by atoms with Crippen LogP contribution >= 0.6 is 0 Å². The first-order valence-electron chi connectivity index (χ1n) is 7.65. The second-order valence-electron chi connectivity index (χ2n) is 6.01. The zero-order valence-electron chi connectivity index (χ0n) is 14.4. The fraction of sp³-hybridized carbons (Fsp3) is 0.368. The number of rotatable bonds is 5. The Bertz CT molecular complexity index is 626. The van der Waals surface area contributed by atoms with Gasteiger partial charge < -0.3 is 9.84 Å². The molecule has 6 heteroatoms. The van der Waals surface area contributed by atoms with E-state index in [9.17, 15) is 17.6 Å². The van der Waals surface area contributed by atoms with Crippen molar-refractivity contribution in [2.45, 2.75) is 38.5 Å². The molecule has 0 aliphatic carbocycles. The minimum atomic E-state index is -2.68. The molecule has 0 spiro atoms. The van der Waals surface area contributed by atoms with Crippen molar-refractivity contribution in [1.29, 1.82) is 0 Å². The molecule has 0 unspecified atom stereocenters. The summed E-state index contributed by atoms with van der Waals surface area (Å²) in [5, 5.41) is 8.87. The minimum Gasteiger partial charge on any atom is -0.508 e. The second-order valence-corrected chi connectivity index (χ2v) is 6.01. The smallest absolute Gasteiger partial charge is 0.249 e. The van der Waals surface area contributed by atoms with Crippen LogP contribution in [0.2, 0.25) is 0 Å². The number of aromatic hydroxyl groups is 1. The molecule has 0 atom stereocenters. The van der Waals surface area contributed by atoms with Crippen molar-refractivity contribution in [3.63, 3.8) is 0 Å². The third-order valence-corrected chi connectivity index (χ3v) is 3.12. The van der Waals surface area contributed by atoms with E-state index in [1.165, 1.54) is 24.3 Å². The molecule has 2 aromatic rings. The SMILES string of the molecule is CC(F)(F)Cc1ccc(O)cc1.COc1ccc(CC(C)(F)F)cc1. The number of phenolic OH excluding ortho intramolecular Hbond substituents is 1. The lowest BCUT2D eigenvalue weighted by molar-refractivity contribution is 0.0218. The van der Waals surface area contributed by atoms with Gasteiger partial charge in [0.25, 0.3) is 0 Å². The molecule has 0 fully saturated rings. The molecule has 2 aromatic carbocycles. The summed E-state index contributed by atoms with van der Waals surface area (Å²) in [6.07, 6.45) is -0.510. The van der Waals surface area contributed by atoms with Gasteiger partial charge in [-0.15, -0.1) is 0 Å². The van der Waals surface area contributed by atoms with Crippen LogP contribution in [0, 0.1) is 0 Å². The zero-order valence-corrected chi connectivity index (χ0v) is 14.4. The maximum absolute atomic E-state index is 12.6. The van der Waals surface area contributed by atoms with Crippen molar-refractivity contribution >= 4 is 0 Å². The molecular formula is C19H22F4O2. The maximum Gasteiger partial charge on any atom is 0.249 e. The standard InChI is InChI=1S/C10H12F2O.C9H10F2O/c1-10(11,12)7-8-3-5-9(13-2)6-4-8;1-9(10,11)6-7-2-4-8(12)5-3-7/h3-6H,7H2,1-2H3;2-5,12H,6H2,1H3. The van der Waals surface area contributed by atoms with Gasteiger partial charge >= 0.3 is 0 Å². The van der Waals surface area contributed by atoms with Gasteiger partial charge in [-0.3, -0.25) is 0 Å². The normalized spacial score (nSPS) is 11.5. The van der Waals surface area contributed by atoms with Crippen LogP contribution in [0.3, 0.4) is 0 Å². The van der Waals surface area contributed by atoms with Gasteiger partial charge in [0.1, 0.15) is 11.5 Å². The molecule has 0 radical (unpaired) electrons. The fourth-order valence-electron chi connectivity index (χ4n) is 2.07. The number of benzene rings is 2. The monoisotopic (exact) mass is 358 g/mol. The maximum atomic E-state index is 12.6. The van der Waals surface area contributed by atoms with E-state index in [0.29, 0.717) is 16.9 Å². The molecule has 0 bridgehead atoms. The Morgan fingerprint density at radius 1 is 0.760 bits per heavy atom. The number of ether oxygens (including phenoxy) is 1. The second kappa shape index (κ2) is 8.74. The highest BCUT2D eigenvalue weighted by atomic mass is 19.3. The summed E-state index contributed by atoms with van der Waals surface area (Å²) in [5.74, 6) is -4.55. The van der Waals surface area contributed by atoms with E-state index in [2.05, 4.69) is 0 Å². The Labute approximate surface area is 145 Å². The van der Waals surface area contributed by atoms with Crippen LogP contribution < -0.4 is 4.74 Å². The van der Waals surface area contributed by atoms with Gasteiger partial charge in [0, 0.05) is 12.8 Å². The predicted molar refractivity (Wildman–Crippen MR) is 89.8 cm³/mol.